The zero-order valence-corrected chi connectivity index (χ0v) is 14.0. The van der Waals surface area contributed by atoms with Gasteiger partial charge in [0.05, 0.1) is 12.2 Å². The normalized spacial score (nSPS) is 15.2. The van der Waals surface area contributed by atoms with Crippen molar-refractivity contribution in [2.45, 2.75) is 17.4 Å². The number of rotatable bonds is 5. The molecule has 1 aromatic rings. The van der Waals surface area contributed by atoms with E-state index in [2.05, 4.69) is 36.6 Å². The van der Waals surface area contributed by atoms with Crippen LogP contribution < -0.4 is 10.5 Å². The summed E-state index contributed by atoms with van der Waals surface area (Å²) in [7, 11) is -3.85. The van der Waals surface area contributed by atoms with E-state index in [0.29, 0.717) is 14.6 Å². The van der Waals surface area contributed by atoms with E-state index in [1.807, 2.05) is 0 Å². The van der Waals surface area contributed by atoms with Crippen molar-refractivity contribution in [2.24, 2.45) is 0 Å². The Kier molecular flexibility index (Phi) is 5.38. The van der Waals surface area contributed by atoms with Gasteiger partial charge in [-0.15, -0.1) is 0 Å². The molecule has 1 unspecified atom stereocenters. The molecular weight excluding hydrogens is 404 g/mol. The van der Waals surface area contributed by atoms with Gasteiger partial charge in [0.25, 0.3) is 0 Å². The summed E-state index contributed by atoms with van der Waals surface area (Å²) in [4.78, 5) is -0.0181. The van der Waals surface area contributed by atoms with E-state index in [4.69, 9.17) is 10.8 Å². The summed E-state index contributed by atoms with van der Waals surface area (Å²) in [6.07, 6.45) is 0. The first kappa shape index (κ1) is 16.9. The van der Waals surface area contributed by atoms with Crippen molar-refractivity contribution in [1.29, 1.82) is 0 Å². The highest BCUT2D eigenvalue weighted by atomic mass is 79.9. The molecule has 9 heteroatoms. The Morgan fingerprint density at radius 2 is 1.84 bits per heavy atom. The topological polar surface area (TPSA) is 113 Å². The maximum absolute atomic E-state index is 12.1. The van der Waals surface area contributed by atoms with Gasteiger partial charge in [-0.2, -0.15) is 0 Å². The maximum Gasteiger partial charge on any atom is 0.242 e. The second-order valence-corrected chi connectivity index (χ2v) is 7.71. The van der Waals surface area contributed by atoms with Gasteiger partial charge in [0.2, 0.25) is 10.0 Å². The Labute approximate surface area is 128 Å². The largest absolute Gasteiger partial charge is 0.399 e. The second-order valence-electron chi connectivity index (χ2n) is 4.29. The number of nitrogens with two attached hydrogens (primary N) is 1. The standard InChI is InChI=1S/C10H14Br2N2O4S/c1-10(16,5-15)4-14-19(17,18)9-7(11)2-6(13)3-8(9)12/h2-3,14-16H,4-5,13H2,1H3. The first-order valence-corrected chi connectivity index (χ1v) is 8.23. The summed E-state index contributed by atoms with van der Waals surface area (Å²) in [6, 6.07) is 2.92. The molecule has 1 atom stereocenters. The van der Waals surface area contributed by atoms with Crippen LogP contribution in [0.1, 0.15) is 6.92 Å². The molecule has 0 amide bonds. The number of hydrogen-bond donors (Lipinski definition) is 4. The molecule has 1 aromatic carbocycles. The summed E-state index contributed by atoms with van der Waals surface area (Å²) in [5.74, 6) is 0. The molecule has 0 aliphatic rings. The predicted molar refractivity (Wildman–Crippen MR) is 79.2 cm³/mol. The highest BCUT2D eigenvalue weighted by Gasteiger charge is 2.26. The van der Waals surface area contributed by atoms with E-state index < -0.39 is 22.2 Å². The first-order chi connectivity index (χ1) is 8.59. The lowest BCUT2D eigenvalue weighted by Crippen LogP contribution is -2.43. The highest BCUT2D eigenvalue weighted by Crippen LogP contribution is 2.32. The molecular formula is C10H14Br2N2O4S. The molecule has 0 radical (unpaired) electrons. The number of aliphatic hydroxyl groups is 2. The molecule has 5 N–H and O–H groups in total. The molecule has 108 valence electrons. The molecule has 0 bridgehead atoms. The van der Waals surface area contributed by atoms with Gasteiger partial charge in [0.15, 0.2) is 0 Å². The summed E-state index contributed by atoms with van der Waals surface area (Å²) >= 11 is 6.26. The third kappa shape index (κ3) is 4.40. The number of sulfonamides is 1. The zero-order valence-electron chi connectivity index (χ0n) is 10.0. The van der Waals surface area contributed by atoms with Crippen molar-refractivity contribution in [3.63, 3.8) is 0 Å². The lowest BCUT2D eigenvalue weighted by Gasteiger charge is -2.21. The molecule has 0 aliphatic carbocycles. The van der Waals surface area contributed by atoms with Crippen LogP contribution in [0, 0.1) is 0 Å². The molecule has 0 heterocycles. The van der Waals surface area contributed by atoms with Crippen LogP contribution >= 0.6 is 31.9 Å². The van der Waals surface area contributed by atoms with Gasteiger partial charge in [-0.05, 0) is 50.9 Å². The number of nitrogen functional groups attached to an aromatic ring is 1. The van der Waals surface area contributed by atoms with Crippen LogP contribution in [-0.2, 0) is 10.0 Å². The Morgan fingerprint density at radius 3 is 2.26 bits per heavy atom. The molecule has 0 saturated carbocycles. The minimum absolute atomic E-state index is 0.0181. The average molecular weight is 418 g/mol. The van der Waals surface area contributed by atoms with E-state index in [9.17, 15) is 13.5 Å². The fourth-order valence-corrected chi connectivity index (χ4v) is 4.99. The van der Waals surface area contributed by atoms with Crippen LogP contribution in [-0.4, -0.2) is 37.4 Å². The van der Waals surface area contributed by atoms with Crippen molar-refractivity contribution in [3.8, 4) is 0 Å². The molecule has 6 nitrogen and oxygen atoms in total. The molecule has 0 aromatic heterocycles. The van der Waals surface area contributed by atoms with Gasteiger partial charge in [0.1, 0.15) is 4.90 Å². The van der Waals surface area contributed by atoms with Crippen molar-refractivity contribution in [2.75, 3.05) is 18.9 Å². The highest BCUT2D eigenvalue weighted by molar-refractivity contribution is 9.11. The van der Waals surface area contributed by atoms with Crippen molar-refractivity contribution in [1.82, 2.24) is 4.72 Å². The molecule has 0 spiro atoms. The fraction of sp³-hybridized carbons (Fsp3) is 0.400. The van der Waals surface area contributed by atoms with Gasteiger partial charge in [-0.25, -0.2) is 13.1 Å². The van der Waals surface area contributed by atoms with Crippen molar-refractivity contribution < 1.29 is 18.6 Å². The van der Waals surface area contributed by atoms with Crippen LogP contribution in [0.2, 0.25) is 0 Å². The quantitative estimate of drug-likeness (QED) is 0.529. The summed E-state index contributed by atoms with van der Waals surface area (Å²) < 4.78 is 27.1. The molecule has 1 rings (SSSR count). The summed E-state index contributed by atoms with van der Waals surface area (Å²) in [6.45, 7) is 0.456. The van der Waals surface area contributed by atoms with Crippen molar-refractivity contribution >= 4 is 47.6 Å². The van der Waals surface area contributed by atoms with E-state index in [1.165, 1.54) is 19.1 Å². The predicted octanol–water partition coefficient (Wildman–Crippen LogP) is 0.815. The molecule has 0 fully saturated rings. The van der Waals surface area contributed by atoms with E-state index in [1.54, 1.807) is 0 Å². The zero-order chi connectivity index (χ0) is 14.8. The number of aliphatic hydroxyl groups excluding tert-OH is 1. The Bertz CT molecular complexity index is 552. The van der Waals surface area contributed by atoms with Gasteiger partial charge >= 0.3 is 0 Å². The molecule has 0 saturated heterocycles. The third-order valence-electron chi connectivity index (χ3n) is 2.27. The van der Waals surface area contributed by atoms with Crippen LogP contribution in [0.4, 0.5) is 5.69 Å². The van der Waals surface area contributed by atoms with Crippen LogP contribution in [0.25, 0.3) is 0 Å². The van der Waals surface area contributed by atoms with Gasteiger partial charge in [-0.1, -0.05) is 0 Å². The second kappa shape index (κ2) is 6.06. The van der Waals surface area contributed by atoms with Crippen LogP contribution in [0.3, 0.4) is 0 Å². The number of halogens is 2. The summed E-state index contributed by atoms with van der Waals surface area (Å²) in [5, 5.41) is 18.5. The maximum atomic E-state index is 12.1. The molecule has 0 aliphatic heterocycles. The van der Waals surface area contributed by atoms with Crippen LogP contribution in [0.5, 0.6) is 0 Å². The lowest BCUT2D eigenvalue weighted by molar-refractivity contribution is 0.00681. The Morgan fingerprint density at radius 1 is 1.37 bits per heavy atom. The minimum Gasteiger partial charge on any atom is -0.399 e. The van der Waals surface area contributed by atoms with Crippen molar-refractivity contribution in [3.05, 3.63) is 21.1 Å². The smallest absolute Gasteiger partial charge is 0.242 e. The minimum atomic E-state index is -3.85. The molecule has 19 heavy (non-hydrogen) atoms. The van der Waals surface area contributed by atoms with Gasteiger partial charge in [-0.3, -0.25) is 0 Å². The van der Waals surface area contributed by atoms with E-state index in [0.717, 1.165) is 0 Å². The average Bonchev–Trinajstić information content (AvgIpc) is 2.25. The van der Waals surface area contributed by atoms with E-state index >= 15 is 0 Å². The number of hydrogen-bond acceptors (Lipinski definition) is 5. The SMILES string of the molecule is CC(O)(CO)CNS(=O)(=O)c1c(Br)cc(N)cc1Br. The number of benzene rings is 1. The van der Waals surface area contributed by atoms with Gasteiger partial charge < -0.3 is 15.9 Å². The first-order valence-electron chi connectivity index (χ1n) is 5.16. The monoisotopic (exact) mass is 416 g/mol. The number of anilines is 1. The lowest BCUT2D eigenvalue weighted by atomic mass is 10.1. The summed E-state index contributed by atoms with van der Waals surface area (Å²) in [5.41, 5.74) is 4.46. The fourth-order valence-electron chi connectivity index (χ4n) is 1.21. The van der Waals surface area contributed by atoms with Gasteiger partial charge in [0, 0.05) is 21.2 Å². The van der Waals surface area contributed by atoms with Crippen LogP contribution in [0.15, 0.2) is 26.0 Å². The Hall–Kier alpha value is -0.190. The Balaban J connectivity index is 3.09. The number of nitrogens with one attached hydrogen (secondary N) is 1. The third-order valence-corrected chi connectivity index (χ3v) is 5.55. The van der Waals surface area contributed by atoms with E-state index in [-0.39, 0.29) is 11.4 Å².